The van der Waals surface area contributed by atoms with E-state index >= 15 is 0 Å². The number of thiol groups is 1. The Hall–Kier alpha value is -1.35. The second-order valence-electron chi connectivity index (χ2n) is 2.68. The second-order valence-corrected chi connectivity index (χ2v) is 3.16. The summed E-state index contributed by atoms with van der Waals surface area (Å²) in [6, 6.07) is 3.42. The van der Waals surface area contributed by atoms with Gasteiger partial charge in [-0.2, -0.15) is 18.4 Å². The van der Waals surface area contributed by atoms with E-state index in [0.717, 1.165) is 19.2 Å². The van der Waals surface area contributed by atoms with Crippen LogP contribution in [0.1, 0.15) is 11.1 Å². The molecule has 0 saturated carbocycles. The molecule has 0 fully saturated rings. The summed E-state index contributed by atoms with van der Waals surface area (Å²) in [5.74, 6) is -0.341. The topological polar surface area (TPSA) is 33.0 Å². The largest absolute Gasteiger partial charge is 0.496 e. The molecule has 15 heavy (non-hydrogen) atoms. The van der Waals surface area contributed by atoms with Gasteiger partial charge in [0.1, 0.15) is 11.8 Å². The molecule has 1 aromatic carbocycles. The third-order valence-electron chi connectivity index (χ3n) is 1.74. The fraction of sp³-hybridized carbons (Fsp3) is 0.222. The summed E-state index contributed by atoms with van der Waals surface area (Å²) in [4.78, 5) is 0.155. The number of hydrogen-bond donors (Lipinski definition) is 1. The van der Waals surface area contributed by atoms with Crippen molar-refractivity contribution in [2.24, 2.45) is 0 Å². The number of methoxy groups -OCH3 is 1. The molecule has 0 atom stereocenters. The molecule has 6 heteroatoms. The molecule has 1 aromatic rings. The minimum Gasteiger partial charge on any atom is -0.496 e. The Labute approximate surface area is 89.7 Å². The first-order chi connectivity index (χ1) is 6.90. The predicted molar refractivity (Wildman–Crippen MR) is 50.0 cm³/mol. The smallest absolute Gasteiger partial charge is 0.420 e. The lowest BCUT2D eigenvalue weighted by molar-refractivity contribution is -0.138. The number of rotatable bonds is 1. The molecule has 0 spiro atoms. The van der Waals surface area contributed by atoms with Crippen molar-refractivity contribution >= 4 is 12.6 Å². The number of alkyl halides is 3. The van der Waals surface area contributed by atoms with Gasteiger partial charge in [0.15, 0.2) is 0 Å². The highest BCUT2D eigenvalue weighted by Crippen LogP contribution is 2.38. The summed E-state index contributed by atoms with van der Waals surface area (Å²) >= 11 is 3.87. The van der Waals surface area contributed by atoms with Crippen molar-refractivity contribution < 1.29 is 17.9 Å². The maximum atomic E-state index is 12.5. The van der Waals surface area contributed by atoms with Crippen LogP contribution in [0, 0.1) is 11.3 Å². The first kappa shape index (κ1) is 11.7. The van der Waals surface area contributed by atoms with Crippen LogP contribution < -0.4 is 4.74 Å². The van der Waals surface area contributed by atoms with Crippen LogP contribution in [0.3, 0.4) is 0 Å². The Morgan fingerprint density at radius 2 is 2.00 bits per heavy atom. The van der Waals surface area contributed by atoms with Gasteiger partial charge < -0.3 is 4.74 Å². The SMILES string of the molecule is COc1cc(S)c(C#N)cc1C(F)(F)F. The molecule has 0 aliphatic carbocycles. The molecule has 0 aliphatic rings. The Kier molecular flexibility index (Phi) is 3.15. The van der Waals surface area contributed by atoms with Crippen molar-refractivity contribution in [2.75, 3.05) is 7.11 Å². The second kappa shape index (κ2) is 4.03. The van der Waals surface area contributed by atoms with Gasteiger partial charge in [-0.15, -0.1) is 12.6 Å². The van der Waals surface area contributed by atoms with Gasteiger partial charge in [0, 0.05) is 4.90 Å². The minimum atomic E-state index is -4.54. The van der Waals surface area contributed by atoms with E-state index in [4.69, 9.17) is 5.26 Å². The molecule has 0 N–H and O–H groups in total. The van der Waals surface area contributed by atoms with Gasteiger partial charge in [-0.25, -0.2) is 0 Å². The van der Waals surface area contributed by atoms with E-state index in [1.54, 1.807) is 6.07 Å². The van der Waals surface area contributed by atoms with Crippen LogP contribution in [0.15, 0.2) is 17.0 Å². The normalized spacial score (nSPS) is 10.9. The first-order valence-electron chi connectivity index (χ1n) is 3.78. The zero-order valence-corrected chi connectivity index (χ0v) is 8.49. The summed E-state index contributed by atoms with van der Waals surface area (Å²) in [6.45, 7) is 0. The predicted octanol–water partition coefficient (Wildman–Crippen LogP) is 2.87. The van der Waals surface area contributed by atoms with E-state index in [2.05, 4.69) is 17.4 Å². The van der Waals surface area contributed by atoms with Crippen LogP contribution in [0.4, 0.5) is 13.2 Å². The van der Waals surface area contributed by atoms with Crippen molar-refractivity contribution in [2.45, 2.75) is 11.1 Å². The van der Waals surface area contributed by atoms with Gasteiger partial charge in [-0.3, -0.25) is 0 Å². The third kappa shape index (κ3) is 2.36. The van der Waals surface area contributed by atoms with Crippen molar-refractivity contribution in [3.05, 3.63) is 23.3 Å². The van der Waals surface area contributed by atoms with Crippen LogP contribution in [0.5, 0.6) is 5.75 Å². The van der Waals surface area contributed by atoms with Gasteiger partial charge in [-0.05, 0) is 12.1 Å². The Morgan fingerprint density at radius 3 is 2.40 bits per heavy atom. The maximum Gasteiger partial charge on any atom is 0.420 e. The molecule has 0 bridgehead atoms. The van der Waals surface area contributed by atoms with Crippen LogP contribution in [-0.2, 0) is 6.18 Å². The monoisotopic (exact) mass is 233 g/mol. The highest BCUT2D eigenvalue weighted by Gasteiger charge is 2.35. The molecule has 0 amide bonds. The van der Waals surface area contributed by atoms with E-state index in [1.807, 2.05) is 0 Å². The van der Waals surface area contributed by atoms with Crippen LogP contribution in [-0.4, -0.2) is 7.11 Å². The molecule has 0 aromatic heterocycles. The first-order valence-corrected chi connectivity index (χ1v) is 4.23. The van der Waals surface area contributed by atoms with Crippen LogP contribution in [0.25, 0.3) is 0 Å². The lowest BCUT2D eigenvalue weighted by Crippen LogP contribution is -2.08. The van der Waals surface area contributed by atoms with E-state index < -0.39 is 11.7 Å². The summed E-state index contributed by atoms with van der Waals surface area (Å²) in [6.07, 6.45) is -4.54. The van der Waals surface area contributed by atoms with E-state index in [-0.39, 0.29) is 16.2 Å². The highest BCUT2D eigenvalue weighted by molar-refractivity contribution is 7.80. The van der Waals surface area contributed by atoms with E-state index in [9.17, 15) is 13.2 Å². The van der Waals surface area contributed by atoms with Gasteiger partial charge in [-0.1, -0.05) is 0 Å². The van der Waals surface area contributed by atoms with Gasteiger partial charge in [0.25, 0.3) is 0 Å². The summed E-state index contributed by atoms with van der Waals surface area (Å²) in [7, 11) is 1.13. The van der Waals surface area contributed by atoms with Gasteiger partial charge in [0.05, 0.1) is 18.2 Å². The molecule has 80 valence electrons. The zero-order chi connectivity index (χ0) is 11.6. The molecule has 2 nitrogen and oxygen atoms in total. The zero-order valence-electron chi connectivity index (χ0n) is 7.59. The summed E-state index contributed by atoms with van der Waals surface area (Å²) < 4.78 is 42.0. The van der Waals surface area contributed by atoms with Crippen molar-refractivity contribution in [3.8, 4) is 11.8 Å². The Bertz CT molecular complexity index is 423. The van der Waals surface area contributed by atoms with Crippen molar-refractivity contribution in [3.63, 3.8) is 0 Å². The molecule has 0 radical (unpaired) electrons. The maximum absolute atomic E-state index is 12.5. The molecule has 1 rings (SSSR count). The highest BCUT2D eigenvalue weighted by atomic mass is 32.1. The molecular formula is C9H6F3NOS. The molecule has 0 heterocycles. The van der Waals surface area contributed by atoms with Crippen LogP contribution in [0.2, 0.25) is 0 Å². The molecular weight excluding hydrogens is 227 g/mol. The Balaban J connectivity index is 3.44. The molecule has 0 aliphatic heterocycles. The number of ether oxygens (including phenoxy) is 1. The molecule has 0 unspecified atom stereocenters. The standard InChI is InChI=1S/C9H6F3NOS/c1-14-7-3-8(15)5(4-13)2-6(7)9(10,11)12/h2-3,15H,1H3. The number of benzene rings is 1. The van der Waals surface area contributed by atoms with E-state index in [0.29, 0.717) is 0 Å². The lowest BCUT2D eigenvalue weighted by atomic mass is 10.1. The summed E-state index contributed by atoms with van der Waals surface area (Å²) in [5, 5.41) is 8.57. The summed E-state index contributed by atoms with van der Waals surface area (Å²) in [5.41, 5.74) is -1.11. The van der Waals surface area contributed by atoms with Crippen molar-refractivity contribution in [1.29, 1.82) is 5.26 Å². The number of nitriles is 1. The average molecular weight is 233 g/mol. The van der Waals surface area contributed by atoms with Gasteiger partial charge in [0.2, 0.25) is 0 Å². The molecule has 0 saturated heterocycles. The number of nitrogens with zero attached hydrogens (tertiary/aromatic N) is 1. The minimum absolute atomic E-state index is 0.133. The quantitative estimate of drug-likeness (QED) is 0.756. The average Bonchev–Trinajstić information content (AvgIpc) is 2.15. The van der Waals surface area contributed by atoms with Crippen LogP contribution >= 0.6 is 12.6 Å². The van der Waals surface area contributed by atoms with E-state index in [1.165, 1.54) is 0 Å². The third-order valence-corrected chi connectivity index (χ3v) is 2.11. The Morgan fingerprint density at radius 1 is 1.40 bits per heavy atom. The van der Waals surface area contributed by atoms with Crippen molar-refractivity contribution in [1.82, 2.24) is 0 Å². The fourth-order valence-electron chi connectivity index (χ4n) is 1.05. The van der Waals surface area contributed by atoms with Gasteiger partial charge >= 0.3 is 6.18 Å². The fourth-order valence-corrected chi connectivity index (χ4v) is 1.28. The lowest BCUT2D eigenvalue weighted by Gasteiger charge is -2.12. The number of hydrogen-bond acceptors (Lipinski definition) is 3. The number of halogens is 3.